The standard InChI is InChI=1S/C20H21N3O2/c1-23-14-18(12-22-23)19(24)13-21-20(25)11-15-7-9-17(10-8-15)16-5-3-2-4-6-16/h2-10,12,14,19,24H,11,13H2,1H3,(H,21,25)/t19-/m0/s1. The number of amides is 1. The number of carbonyl (C=O) groups is 1. The third-order valence-corrected chi connectivity index (χ3v) is 4.03. The van der Waals surface area contributed by atoms with Gasteiger partial charge in [-0.25, -0.2) is 0 Å². The van der Waals surface area contributed by atoms with E-state index in [1.165, 1.54) is 0 Å². The first kappa shape index (κ1) is 16.9. The lowest BCUT2D eigenvalue weighted by atomic mass is 10.0. The molecule has 2 aromatic carbocycles. The van der Waals surface area contributed by atoms with Gasteiger partial charge in [-0.1, -0.05) is 54.6 Å². The molecule has 3 aromatic rings. The van der Waals surface area contributed by atoms with Crippen molar-refractivity contribution in [2.75, 3.05) is 6.54 Å². The van der Waals surface area contributed by atoms with Crippen molar-refractivity contribution in [1.29, 1.82) is 0 Å². The van der Waals surface area contributed by atoms with E-state index in [1.54, 1.807) is 24.1 Å². The Bertz CT molecular complexity index is 826. The predicted octanol–water partition coefficient (Wildman–Crippen LogP) is 2.48. The zero-order valence-electron chi connectivity index (χ0n) is 14.1. The molecule has 25 heavy (non-hydrogen) atoms. The second kappa shape index (κ2) is 7.77. The van der Waals surface area contributed by atoms with Crippen LogP contribution in [0, 0.1) is 0 Å². The summed E-state index contributed by atoms with van der Waals surface area (Å²) in [6.45, 7) is 0.173. The van der Waals surface area contributed by atoms with Gasteiger partial charge in [-0.2, -0.15) is 5.10 Å². The summed E-state index contributed by atoms with van der Waals surface area (Å²) in [6, 6.07) is 18.1. The van der Waals surface area contributed by atoms with Crippen LogP contribution < -0.4 is 5.32 Å². The van der Waals surface area contributed by atoms with E-state index in [9.17, 15) is 9.90 Å². The molecule has 0 fully saturated rings. The molecule has 0 unspecified atom stereocenters. The molecule has 1 amide bonds. The van der Waals surface area contributed by atoms with Crippen molar-refractivity contribution in [2.45, 2.75) is 12.5 Å². The van der Waals surface area contributed by atoms with Crippen LogP contribution in [0.25, 0.3) is 11.1 Å². The molecule has 0 bridgehead atoms. The summed E-state index contributed by atoms with van der Waals surface area (Å²) >= 11 is 0. The van der Waals surface area contributed by atoms with Crippen LogP contribution in [-0.4, -0.2) is 27.3 Å². The van der Waals surface area contributed by atoms with Crippen molar-refractivity contribution in [2.24, 2.45) is 7.05 Å². The molecule has 5 nitrogen and oxygen atoms in total. The molecular weight excluding hydrogens is 314 g/mol. The van der Waals surface area contributed by atoms with Gasteiger partial charge in [-0.3, -0.25) is 9.48 Å². The number of hydrogen-bond acceptors (Lipinski definition) is 3. The molecule has 0 aliphatic heterocycles. The first-order valence-corrected chi connectivity index (χ1v) is 8.19. The van der Waals surface area contributed by atoms with Crippen molar-refractivity contribution < 1.29 is 9.90 Å². The molecular formula is C20H21N3O2. The van der Waals surface area contributed by atoms with E-state index in [4.69, 9.17) is 0 Å². The van der Waals surface area contributed by atoms with Crippen LogP contribution in [0.15, 0.2) is 67.0 Å². The molecule has 0 saturated carbocycles. The van der Waals surface area contributed by atoms with Crippen LogP contribution in [0.1, 0.15) is 17.2 Å². The number of aryl methyl sites for hydroxylation is 1. The second-order valence-electron chi connectivity index (χ2n) is 6.01. The van der Waals surface area contributed by atoms with Crippen LogP contribution in [0.2, 0.25) is 0 Å². The van der Waals surface area contributed by atoms with Gasteiger partial charge >= 0.3 is 0 Å². The highest BCUT2D eigenvalue weighted by Gasteiger charge is 2.11. The molecule has 0 aliphatic rings. The Morgan fingerprint density at radius 3 is 2.44 bits per heavy atom. The van der Waals surface area contributed by atoms with E-state index in [0.717, 1.165) is 16.7 Å². The Labute approximate surface area is 146 Å². The third-order valence-electron chi connectivity index (χ3n) is 4.03. The van der Waals surface area contributed by atoms with Crippen LogP contribution in [0.5, 0.6) is 0 Å². The Morgan fingerprint density at radius 2 is 1.80 bits per heavy atom. The average Bonchev–Trinajstić information content (AvgIpc) is 3.08. The monoisotopic (exact) mass is 335 g/mol. The fourth-order valence-electron chi connectivity index (χ4n) is 2.63. The lowest BCUT2D eigenvalue weighted by Gasteiger charge is -2.10. The van der Waals surface area contributed by atoms with Gasteiger partial charge in [0.25, 0.3) is 0 Å². The lowest BCUT2D eigenvalue weighted by Crippen LogP contribution is -2.29. The molecule has 2 N–H and O–H groups in total. The number of nitrogens with zero attached hydrogens (tertiary/aromatic N) is 2. The topological polar surface area (TPSA) is 67.2 Å². The molecule has 5 heteroatoms. The Balaban J connectivity index is 1.52. The minimum atomic E-state index is -0.752. The van der Waals surface area contributed by atoms with Crippen LogP contribution in [0.4, 0.5) is 0 Å². The van der Waals surface area contributed by atoms with Gasteiger partial charge < -0.3 is 10.4 Å². The fourth-order valence-corrected chi connectivity index (χ4v) is 2.63. The summed E-state index contributed by atoms with van der Waals surface area (Å²) in [5.41, 5.74) is 3.90. The average molecular weight is 335 g/mol. The van der Waals surface area contributed by atoms with E-state index in [0.29, 0.717) is 5.56 Å². The maximum atomic E-state index is 12.1. The first-order valence-electron chi connectivity index (χ1n) is 8.19. The molecule has 0 saturated heterocycles. The number of aromatic nitrogens is 2. The van der Waals surface area contributed by atoms with Gasteiger partial charge in [0.15, 0.2) is 0 Å². The molecule has 3 rings (SSSR count). The van der Waals surface area contributed by atoms with E-state index in [-0.39, 0.29) is 18.9 Å². The Kier molecular flexibility index (Phi) is 5.26. The molecule has 1 heterocycles. The quantitative estimate of drug-likeness (QED) is 0.727. The first-order chi connectivity index (χ1) is 12.1. The van der Waals surface area contributed by atoms with Gasteiger partial charge in [-0.15, -0.1) is 0 Å². The van der Waals surface area contributed by atoms with Gasteiger partial charge in [0.2, 0.25) is 5.91 Å². The fraction of sp³-hybridized carbons (Fsp3) is 0.200. The SMILES string of the molecule is Cn1cc([C@@H](O)CNC(=O)Cc2ccc(-c3ccccc3)cc2)cn1. The zero-order valence-corrected chi connectivity index (χ0v) is 14.1. The summed E-state index contributed by atoms with van der Waals surface area (Å²) in [7, 11) is 1.79. The second-order valence-corrected chi connectivity index (χ2v) is 6.01. The third kappa shape index (κ3) is 4.55. The van der Waals surface area contributed by atoms with E-state index in [1.807, 2.05) is 42.5 Å². The summed E-state index contributed by atoms with van der Waals surface area (Å²) in [5.74, 6) is -0.115. The van der Waals surface area contributed by atoms with Crippen molar-refractivity contribution in [3.05, 3.63) is 78.1 Å². The molecule has 0 spiro atoms. The number of carbonyl (C=O) groups excluding carboxylic acids is 1. The van der Waals surface area contributed by atoms with Crippen LogP contribution in [-0.2, 0) is 18.3 Å². The largest absolute Gasteiger partial charge is 0.386 e. The van der Waals surface area contributed by atoms with Crippen molar-refractivity contribution in [3.8, 4) is 11.1 Å². The molecule has 0 aliphatic carbocycles. The van der Waals surface area contributed by atoms with Crippen molar-refractivity contribution >= 4 is 5.91 Å². The minimum absolute atomic E-state index is 0.115. The number of hydrogen-bond donors (Lipinski definition) is 2. The van der Waals surface area contributed by atoms with E-state index in [2.05, 4.69) is 22.5 Å². The summed E-state index contributed by atoms with van der Waals surface area (Å²) < 4.78 is 1.62. The predicted molar refractivity (Wildman–Crippen MR) is 96.8 cm³/mol. The number of aliphatic hydroxyl groups is 1. The summed E-state index contributed by atoms with van der Waals surface area (Å²) in [5, 5.41) is 16.8. The van der Waals surface area contributed by atoms with Gasteiger partial charge in [-0.05, 0) is 16.7 Å². The number of aliphatic hydroxyl groups excluding tert-OH is 1. The number of nitrogens with one attached hydrogen (secondary N) is 1. The smallest absolute Gasteiger partial charge is 0.224 e. The van der Waals surface area contributed by atoms with Gasteiger partial charge in [0, 0.05) is 25.4 Å². The summed E-state index contributed by atoms with van der Waals surface area (Å²) in [6.07, 6.45) is 2.87. The normalized spacial score (nSPS) is 11.9. The van der Waals surface area contributed by atoms with E-state index >= 15 is 0 Å². The highest BCUT2D eigenvalue weighted by Crippen LogP contribution is 2.19. The summed E-state index contributed by atoms with van der Waals surface area (Å²) in [4.78, 5) is 12.1. The molecule has 1 aromatic heterocycles. The number of benzene rings is 2. The van der Waals surface area contributed by atoms with Crippen molar-refractivity contribution in [1.82, 2.24) is 15.1 Å². The minimum Gasteiger partial charge on any atom is -0.386 e. The molecule has 1 atom stereocenters. The maximum absolute atomic E-state index is 12.1. The lowest BCUT2D eigenvalue weighted by molar-refractivity contribution is -0.120. The van der Waals surface area contributed by atoms with E-state index < -0.39 is 6.10 Å². The maximum Gasteiger partial charge on any atom is 0.224 e. The number of rotatable bonds is 6. The zero-order chi connectivity index (χ0) is 17.6. The van der Waals surface area contributed by atoms with Gasteiger partial charge in [0.1, 0.15) is 0 Å². The van der Waals surface area contributed by atoms with Crippen LogP contribution >= 0.6 is 0 Å². The Hall–Kier alpha value is -2.92. The van der Waals surface area contributed by atoms with Crippen molar-refractivity contribution in [3.63, 3.8) is 0 Å². The highest BCUT2D eigenvalue weighted by atomic mass is 16.3. The Morgan fingerprint density at radius 1 is 1.12 bits per heavy atom. The molecule has 0 radical (unpaired) electrons. The van der Waals surface area contributed by atoms with Crippen LogP contribution in [0.3, 0.4) is 0 Å². The van der Waals surface area contributed by atoms with Gasteiger partial charge in [0.05, 0.1) is 18.7 Å². The highest BCUT2D eigenvalue weighted by molar-refractivity contribution is 5.78. The molecule has 128 valence electrons.